The maximum atomic E-state index is 12.9. The molecule has 2 heterocycles. The van der Waals surface area contributed by atoms with E-state index in [-0.39, 0.29) is 11.0 Å². The molecule has 0 fully saturated rings. The number of benzene rings is 2. The molecule has 29 heavy (non-hydrogen) atoms. The van der Waals surface area contributed by atoms with Gasteiger partial charge in [0.1, 0.15) is 0 Å². The quantitative estimate of drug-likeness (QED) is 0.311. The monoisotopic (exact) mass is 403 g/mol. The van der Waals surface area contributed by atoms with Gasteiger partial charge in [-0.2, -0.15) is 0 Å². The Bertz CT molecular complexity index is 1090. The SMILES string of the molecule is Cc1ccc(C(=O)[C@@H](C)Sc2nnc(-c3ccco3)n2Cc2ccccc2)cc1. The van der Waals surface area contributed by atoms with Crippen LogP contribution in [0.1, 0.15) is 28.4 Å². The lowest BCUT2D eigenvalue weighted by molar-refractivity contribution is 0.0994. The number of carbonyl (C=O) groups is 1. The molecule has 2 aromatic carbocycles. The van der Waals surface area contributed by atoms with Crippen LogP contribution in [0, 0.1) is 6.92 Å². The Morgan fingerprint density at radius 2 is 1.79 bits per heavy atom. The number of hydrogen-bond donors (Lipinski definition) is 0. The van der Waals surface area contributed by atoms with Crippen molar-refractivity contribution in [1.29, 1.82) is 0 Å². The van der Waals surface area contributed by atoms with E-state index >= 15 is 0 Å². The highest BCUT2D eigenvalue weighted by Crippen LogP contribution is 2.29. The lowest BCUT2D eigenvalue weighted by Crippen LogP contribution is -2.15. The lowest BCUT2D eigenvalue weighted by Gasteiger charge is -2.13. The normalized spacial score (nSPS) is 12.1. The molecule has 0 spiro atoms. The van der Waals surface area contributed by atoms with Crippen LogP contribution in [0.25, 0.3) is 11.6 Å². The van der Waals surface area contributed by atoms with E-state index in [9.17, 15) is 4.79 Å². The molecule has 0 saturated carbocycles. The van der Waals surface area contributed by atoms with Crippen LogP contribution < -0.4 is 0 Å². The first-order valence-corrected chi connectivity index (χ1v) is 10.3. The highest BCUT2D eigenvalue weighted by Gasteiger charge is 2.22. The number of thioether (sulfide) groups is 1. The zero-order chi connectivity index (χ0) is 20.2. The summed E-state index contributed by atoms with van der Waals surface area (Å²) in [6, 6.07) is 21.5. The van der Waals surface area contributed by atoms with Gasteiger partial charge in [0.25, 0.3) is 0 Å². The number of Topliss-reactive ketones (excluding diaryl/α,β-unsaturated/α-hetero) is 1. The largest absolute Gasteiger partial charge is 0.461 e. The Balaban J connectivity index is 1.62. The van der Waals surface area contributed by atoms with Crippen LogP contribution in [0.3, 0.4) is 0 Å². The van der Waals surface area contributed by atoms with Gasteiger partial charge in [-0.15, -0.1) is 10.2 Å². The Morgan fingerprint density at radius 1 is 1.03 bits per heavy atom. The van der Waals surface area contributed by atoms with Crippen molar-refractivity contribution < 1.29 is 9.21 Å². The molecule has 0 aliphatic heterocycles. The molecule has 1 atom stereocenters. The van der Waals surface area contributed by atoms with E-state index in [1.54, 1.807) is 6.26 Å². The number of nitrogens with zero attached hydrogens (tertiary/aromatic N) is 3. The second-order valence-corrected chi connectivity index (χ2v) is 8.15. The molecule has 6 heteroatoms. The zero-order valence-electron chi connectivity index (χ0n) is 16.3. The third-order valence-corrected chi connectivity index (χ3v) is 5.71. The van der Waals surface area contributed by atoms with E-state index in [1.807, 2.05) is 73.0 Å². The molecule has 0 unspecified atom stereocenters. The summed E-state index contributed by atoms with van der Waals surface area (Å²) in [5.74, 6) is 1.37. The van der Waals surface area contributed by atoms with Crippen LogP contribution >= 0.6 is 11.8 Å². The van der Waals surface area contributed by atoms with Gasteiger partial charge in [-0.3, -0.25) is 9.36 Å². The van der Waals surface area contributed by atoms with Crippen LogP contribution in [-0.4, -0.2) is 25.8 Å². The van der Waals surface area contributed by atoms with E-state index < -0.39 is 0 Å². The van der Waals surface area contributed by atoms with Gasteiger partial charge in [-0.1, -0.05) is 71.9 Å². The minimum Gasteiger partial charge on any atom is -0.461 e. The van der Waals surface area contributed by atoms with Crippen LogP contribution in [-0.2, 0) is 6.54 Å². The number of furan rings is 1. The molecule has 5 nitrogen and oxygen atoms in total. The van der Waals surface area contributed by atoms with Gasteiger partial charge in [0, 0.05) is 5.56 Å². The Morgan fingerprint density at radius 3 is 2.48 bits per heavy atom. The summed E-state index contributed by atoms with van der Waals surface area (Å²) in [5.41, 5.74) is 2.96. The fourth-order valence-electron chi connectivity index (χ4n) is 3.04. The molecule has 0 N–H and O–H groups in total. The van der Waals surface area contributed by atoms with E-state index in [4.69, 9.17) is 4.42 Å². The van der Waals surface area contributed by atoms with Gasteiger partial charge < -0.3 is 4.42 Å². The molecule has 0 aliphatic rings. The third kappa shape index (κ3) is 4.32. The second kappa shape index (κ2) is 8.49. The van der Waals surface area contributed by atoms with E-state index in [2.05, 4.69) is 22.3 Å². The predicted octanol–water partition coefficient (Wildman–Crippen LogP) is 5.26. The molecule has 0 radical (unpaired) electrons. The van der Waals surface area contributed by atoms with Crippen molar-refractivity contribution in [1.82, 2.24) is 14.8 Å². The van der Waals surface area contributed by atoms with Crippen LogP contribution in [0.15, 0.2) is 82.6 Å². The van der Waals surface area contributed by atoms with Gasteiger partial charge in [0.2, 0.25) is 5.82 Å². The lowest BCUT2D eigenvalue weighted by atomic mass is 10.1. The van der Waals surface area contributed by atoms with Gasteiger partial charge in [-0.25, -0.2) is 0 Å². The summed E-state index contributed by atoms with van der Waals surface area (Å²) in [6.07, 6.45) is 1.62. The molecule has 4 aromatic rings. The molecule has 0 saturated heterocycles. The average Bonchev–Trinajstić information content (AvgIpc) is 3.39. The highest BCUT2D eigenvalue weighted by atomic mass is 32.2. The van der Waals surface area contributed by atoms with Gasteiger partial charge in [-0.05, 0) is 31.5 Å². The zero-order valence-corrected chi connectivity index (χ0v) is 17.1. The van der Waals surface area contributed by atoms with Crippen LogP contribution in [0.2, 0.25) is 0 Å². The van der Waals surface area contributed by atoms with Crippen LogP contribution in [0.4, 0.5) is 0 Å². The van der Waals surface area contributed by atoms with Crippen LogP contribution in [0.5, 0.6) is 0 Å². The minimum absolute atomic E-state index is 0.0730. The summed E-state index contributed by atoms with van der Waals surface area (Å²) in [6.45, 7) is 4.51. The molecular weight excluding hydrogens is 382 g/mol. The molecule has 0 amide bonds. The number of aryl methyl sites for hydroxylation is 1. The first-order valence-electron chi connectivity index (χ1n) is 9.40. The maximum absolute atomic E-state index is 12.9. The van der Waals surface area contributed by atoms with Crippen molar-refractivity contribution in [3.05, 3.63) is 89.7 Å². The Hall–Kier alpha value is -3.12. The van der Waals surface area contributed by atoms with E-state index in [0.29, 0.717) is 28.8 Å². The van der Waals surface area contributed by atoms with Crippen molar-refractivity contribution in [3.8, 4) is 11.6 Å². The molecule has 2 aromatic heterocycles. The minimum atomic E-state index is -0.291. The average molecular weight is 404 g/mol. The number of rotatable bonds is 7. The van der Waals surface area contributed by atoms with E-state index in [0.717, 1.165) is 11.1 Å². The predicted molar refractivity (Wildman–Crippen MR) is 114 cm³/mol. The number of ketones is 1. The highest BCUT2D eigenvalue weighted by molar-refractivity contribution is 8.00. The number of aromatic nitrogens is 3. The fourth-order valence-corrected chi connectivity index (χ4v) is 3.96. The summed E-state index contributed by atoms with van der Waals surface area (Å²) < 4.78 is 7.54. The fraction of sp³-hybridized carbons (Fsp3) is 0.174. The van der Waals surface area contributed by atoms with Crippen molar-refractivity contribution in [2.45, 2.75) is 30.8 Å². The summed E-state index contributed by atoms with van der Waals surface area (Å²) >= 11 is 1.41. The first kappa shape index (κ1) is 19.2. The molecular formula is C23H21N3O2S. The Kier molecular flexibility index (Phi) is 5.62. The molecule has 0 aliphatic carbocycles. The molecule has 0 bridgehead atoms. The van der Waals surface area contributed by atoms with Crippen molar-refractivity contribution in [2.24, 2.45) is 0 Å². The molecule has 4 rings (SSSR count). The van der Waals surface area contributed by atoms with Crippen molar-refractivity contribution in [2.75, 3.05) is 0 Å². The number of carbonyl (C=O) groups excluding carboxylic acids is 1. The van der Waals surface area contributed by atoms with Gasteiger partial charge in [0.05, 0.1) is 18.1 Å². The third-order valence-electron chi connectivity index (χ3n) is 4.63. The van der Waals surface area contributed by atoms with E-state index in [1.165, 1.54) is 11.8 Å². The summed E-state index contributed by atoms with van der Waals surface area (Å²) in [4.78, 5) is 12.9. The standard InChI is InChI=1S/C23H21N3O2S/c1-16-10-12-19(13-11-16)21(27)17(2)29-23-25-24-22(20-9-6-14-28-20)26(23)15-18-7-4-3-5-8-18/h3-14,17H,15H2,1-2H3/t17-/m1/s1. The topological polar surface area (TPSA) is 60.9 Å². The Labute approximate surface area is 173 Å². The van der Waals surface area contributed by atoms with Gasteiger partial charge in [0.15, 0.2) is 16.7 Å². The van der Waals surface area contributed by atoms with Crippen molar-refractivity contribution >= 4 is 17.5 Å². The summed E-state index contributed by atoms with van der Waals surface area (Å²) in [7, 11) is 0. The van der Waals surface area contributed by atoms with Crippen molar-refractivity contribution in [3.63, 3.8) is 0 Å². The maximum Gasteiger partial charge on any atom is 0.200 e. The smallest absolute Gasteiger partial charge is 0.200 e. The first-order chi connectivity index (χ1) is 14.1. The molecule has 146 valence electrons. The number of hydrogen-bond acceptors (Lipinski definition) is 5. The van der Waals surface area contributed by atoms with Gasteiger partial charge >= 0.3 is 0 Å². The second-order valence-electron chi connectivity index (χ2n) is 6.85. The summed E-state index contributed by atoms with van der Waals surface area (Å²) in [5, 5.41) is 9.10.